The third-order valence-corrected chi connectivity index (χ3v) is 4.14. The first-order valence-electron chi connectivity index (χ1n) is 6.37. The molecule has 0 spiro atoms. The van der Waals surface area contributed by atoms with E-state index in [1.54, 1.807) is 0 Å². The normalized spacial score (nSPS) is 25.1. The number of benzene rings is 1. The summed E-state index contributed by atoms with van der Waals surface area (Å²) < 4.78 is 1.13. The van der Waals surface area contributed by atoms with Crippen LogP contribution < -0.4 is 5.32 Å². The van der Waals surface area contributed by atoms with Crippen LogP contribution in [0.3, 0.4) is 0 Å². The van der Waals surface area contributed by atoms with Crippen molar-refractivity contribution >= 4 is 21.6 Å². The fourth-order valence-corrected chi connectivity index (χ4v) is 2.79. The lowest BCUT2D eigenvalue weighted by Gasteiger charge is -2.16. The summed E-state index contributed by atoms with van der Waals surface area (Å²) in [6.45, 7) is 9.37. The van der Waals surface area contributed by atoms with Gasteiger partial charge >= 0.3 is 0 Å². The molecule has 17 heavy (non-hydrogen) atoms. The SMILES string of the molecule is CC1CN(CCNc2cccc(Br)c2)CC1C. The van der Waals surface area contributed by atoms with Gasteiger partial charge in [-0.1, -0.05) is 35.8 Å². The molecule has 0 radical (unpaired) electrons. The second-order valence-corrected chi connectivity index (χ2v) is 6.07. The Morgan fingerprint density at radius 1 is 1.29 bits per heavy atom. The minimum absolute atomic E-state index is 0.848. The summed E-state index contributed by atoms with van der Waals surface area (Å²) in [6.07, 6.45) is 0. The van der Waals surface area contributed by atoms with Crippen molar-refractivity contribution in [2.45, 2.75) is 13.8 Å². The van der Waals surface area contributed by atoms with Crippen molar-refractivity contribution in [1.82, 2.24) is 4.90 Å². The lowest BCUT2D eigenvalue weighted by atomic mass is 10.0. The van der Waals surface area contributed by atoms with Crippen LogP contribution in [0.25, 0.3) is 0 Å². The quantitative estimate of drug-likeness (QED) is 0.915. The van der Waals surface area contributed by atoms with Gasteiger partial charge in [0.25, 0.3) is 0 Å². The fourth-order valence-electron chi connectivity index (χ4n) is 2.39. The van der Waals surface area contributed by atoms with Crippen molar-refractivity contribution < 1.29 is 0 Å². The van der Waals surface area contributed by atoms with Crippen molar-refractivity contribution in [2.75, 3.05) is 31.5 Å². The predicted molar refractivity (Wildman–Crippen MR) is 77.4 cm³/mol. The average molecular weight is 297 g/mol. The molecule has 1 aliphatic heterocycles. The molecule has 1 aromatic carbocycles. The molecule has 2 unspecified atom stereocenters. The highest BCUT2D eigenvalue weighted by Gasteiger charge is 2.25. The standard InChI is InChI=1S/C14H21BrN2/c1-11-9-17(10-12(11)2)7-6-16-14-5-3-4-13(15)8-14/h3-5,8,11-12,16H,6-7,9-10H2,1-2H3. The zero-order valence-corrected chi connectivity index (χ0v) is 12.2. The van der Waals surface area contributed by atoms with E-state index in [0.29, 0.717) is 0 Å². The summed E-state index contributed by atoms with van der Waals surface area (Å²) in [5.41, 5.74) is 1.19. The third kappa shape index (κ3) is 3.71. The molecule has 1 N–H and O–H groups in total. The van der Waals surface area contributed by atoms with Gasteiger partial charge in [0.2, 0.25) is 0 Å². The molecule has 1 saturated heterocycles. The lowest BCUT2D eigenvalue weighted by Crippen LogP contribution is -2.27. The van der Waals surface area contributed by atoms with Crippen LogP contribution in [-0.4, -0.2) is 31.1 Å². The van der Waals surface area contributed by atoms with E-state index >= 15 is 0 Å². The molecule has 1 aromatic rings. The second kappa shape index (κ2) is 5.87. The molecule has 2 rings (SSSR count). The van der Waals surface area contributed by atoms with Crippen LogP contribution in [0.15, 0.2) is 28.7 Å². The highest BCUT2D eigenvalue weighted by atomic mass is 79.9. The van der Waals surface area contributed by atoms with Crippen molar-refractivity contribution in [3.63, 3.8) is 0 Å². The highest BCUT2D eigenvalue weighted by Crippen LogP contribution is 2.21. The highest BCUT2D eigenvalue weighted by molar-refractivity contribution is 9.10. The van der Waals surface area contributed by atoms with Crippen molar-refractivity contribution in [2.24, 2.45) is 11.8 Å². The topological polar surface area (TPSA) is 15.3 Å². The Hall–Kier alpha value is -0.540. The van der Waals surface area contributed by atoms with E-state index in [2.05, 4.69) is 64.3 Å². The second-order valence-electron chi connectivity index (χ2n) is 5.15. The van der Waals surface area contributed by atoms with Gasteiger partial charge in [0.15, 0.2) is 0 Å². The van der Waals surface area contributed by atoms with Gasteiger partial charge in [-0.15, -0.1) is 0 Å². The Labute approximate surface area is 113 Å². The Kier molecular flexibility index (Phi) is 4.46. The molecule has 2 atom stereocenters. The van der Waals surface area contributed by atoms with E-state index in [9.17, 15) is 0 Å². The smallest absolute Gasteiger partial charge is 0.0351 e. The summed E-state index contributed by atoms with van der Waals surface area (Å²) in [5, 5.41) is 3.47. The summed E-state index contributed by atoms with van der Waals surface area (Å²) in [5.74, 6) is 1.70. The number of likely N-dealkylation sites (tertiary alicyclic amines) is 1. The molecule has 0 bridgehead atoms. The zero-order chi connectivity index (χ0) is 12.3. The van der Waals surface area contributed by atoms with Crippen LogP contribution in [0.1, 0.15) is 13.8 Å². The van der Waals surface area contributed by atoms with Crippen LogP contribution in [0.4, 0.5) is 5.69 Å². The summed E-state index contributed by atoms with van der Waals surface area (Å²) in [4.78, 5) is 2.56. The number of nitrogens with zero attached hydrogens (tertiary/aromatic N) is 1. The molecule has 0 amide bonds. The monoisotopic (exact) mass is 296 g/mol. The molecule has 0 saturated carbocycles. The van der Waals surface area contributed by atoms with Crippen LogP contribution in [0, 0.1) is 11.8 Å². The van der Waals surface area contributed by atoms with Crippen LogP contribution in [0.5, 0.6) is 0 Å². The van der Waals surface area contributed by atoms with Crippen LogP contribution >= 0.6 is 15.9 Å². The molecule has 0 aliphatic carbocycles. The summed E-state index contributed by atoms with van der Waals surface area (Å²) in [7, 11) is 0. The molecule has 3 heteroatoms. The van der Waals surface area contributed by atoms with Gasteiger partial charge in [-0.2, -0.15) is 0 Å². The average Bonchev–Trinajstić information content (AvgIpc) is 2.58. The Bertz CT molecular complexity index is 357. The first-order valence-corrected chi connectivity index (χ1v) is 7.16. The van der Waals surface area contributed by atoms with Gasteiger partial charge in [-0.25, -0.2) is 0 Å². The van der Waals surface area contributed by atoms with Gasteiger partial charge in [0.05, 0.1) is 0 Å². The fraction of sp³-hybridized carbons (Fsp3) is 0.571. The number of hydrogen-bond donors (Lipinski definition) is 1. The maximum atomic E-state index is 3.49. The van der Waals surface area contributed by atoms with Gasteiger partial charge < -0.3 is 10.2 Å². The number of rotatable bonds is 4. The minimum Gasteiger partial charge on any atom is -0.384 e. The predicted octanol–water partition coefficient (Wildman–Crippen LogP) is 3.45. The maximum Gasteiger partial charge on any atom is 0.0351 e. The third-order valence-electron chi connectivity index (χ3n) is 3.65. The summed E-state index contributed by atoms with van der Waals surface area (Å²) in [6, 6.07) is 8.34. The molecule has 0 aromatic heterocycles. The first-order chi connectivity index (χ1) is 8.15. The van der Waals surface area contributed by atoms with E-state index in [-0.39, 0.29) is 0 Å². The van der Waals surface area contributed by atoms with Crippen molar-refractivity contribution in [1.29, 1.82) is 0 Å². The van der Waals surface area contributed by atoms with Gasteiger partial charge in [0.1, 0.15) is 0 Å². The van der Waals surface area contributed by atoms with Gasteiger partial charge in [-0.3, -0.25) is 0 Å². The molecule has 1 fully saturated rings. The first kappa shape index (κ1) is 12.9. The Morgan fingerprint density at radius 3 is 2.65 bits per heavy atom. The van der Waals surface area contributed by atoms with E-state index in [0.717, 1.165) is 29.4 Å². The Balaban J connectivity index is 1.73. The van der Waals surface area contributed by atoms with Gasteiger partial charge in [0, 0.05) is 36.3 Å². The molecular formula is C14H21BrN2. The number of halogens is 1. The van der Waals surface area contributed by atoms with E-state index in [1.165, 1.54) is 18.8 Å². The molecule has 1 heterocycles. The van der Waals surface area contributed by atoms with E-state index in [4.69, 9.17) is 0 Å². The largest absolute Gasteiger partial charge is 0.384 e. The molecule has 1 aliphatic rings. The lowest BCUT2D eigenvalue weighted by molar-refractivity contribution is 0.337. The van der Waals surface area contributed by atoms with Gasteiger partial charge in [-0.05, 0) is 30.0 Å². The molecule has 94 valence electrons. The van der Waals surface area contributed by atoms with Crippen molar-refractivity contribution in [3.05, 3.63) is 28.7 Å². The molecular weight excluding hydrogens is 276 g/mol. The molecule has 2 nitrogen and oxygen atoms in total. The van der Waals surface area contributed by atoms with Crippen LogP contribution in [0.2, 0.25) is 0 Å². The minimum atomic E-state index is 0.848. The summed E-state index contributed by atoms with van der Waals surface area (Å²) >= 11 is 3.49. The van der Waals surface area contributed by atoms with Crippen LogP contribution in [-0.2, 0) is 0 Å². The number of nitrogens with one attached hydrogen (secondary N) is 1. The van der Waals surface area contributed by atoms with Crippen molar-refractivity contribution in [3.8, 4) is 0 Å². The number of anilines is 1. The van der Waals surface area contributed by atoms with E-state index < -0.39 is 0 Å². The zero-order valence-electron chi connectivity index (χ0n) is 10.6. The maximum absolute atomic E-state index is 3.49. The number of hydrogen-bond acceptors (Lipinski definition) is 2. The Morgan fingerprint density at radius 2 is 2.00 bits per heavy atom. The van der Waals surface area contributed by atoms with E-state index in [1.807, 2.05) is 0 Å².